The topological polar surface area (TPSA) is 53.8 Å². The van der Waals surface area contributed by atoms with Crippen molar-refractivity contribution in [3.05, 3.63) is 59.5 Å². The molecule has 6 heteroatoms. The summed E-state index contributed by atoms with van der Waals surface area (Å²) in [6.07, 6.45) is 5.05. The van der Waals surface area contributed by atoms with Crippen LogP contribution in [0.1, 0.15) is 48.2 Å². The smallest absolute Gasteiger partial charge is 0.282 e. The van der Waals surface area contributed by atoms with Gasteiger partial charge in [0.2, 0.25) is 0 Å². The fourth-order valence-corrected chi connectivity index (χ4v) is 5.78. The average Bonchev–Trinajstić information content (AvgIpc) is 3.31. The summed E-state index contributed by atoms with van der Waals surface area (Å²) in [6.45, 7) is 0.548. The molecule has 1 aromatic heterocycles. The van der Waals surface area contributed by atoms with Crippen LogP contribution in [-0.2, 0) is 16.6 Å². The SMILES string of the molecule is CN([C@@H]1CCc2ccccc21)S(=O)(=O)N1CCC[C@@H]1c1ccco1. The Kier molecular flexibility index (Phi) is 3.98. The Morgan fingerprint density at radius 2 is 2.00 bits per heavy atom. The fraction of sp³-hybridized carbons (Fsp3) is 0.444. The number of hydrogen-bond acceptors (Lipinski definition) is 3. The second-order valence-electron chi connectivity index (χ2n) is 6.56. The lowest BCUT2D eigenvalue weighted by molar-refractivity contribution is 0.289. The van der Waals surface area contributed by atoms with Gasteiger partial charge in [-0.15, -0.1) is 0 Å². The summed E-state index contributed by atoms with van der Waals surface area (Å²) in [5.41, 5.74) is 2.39. The molecule has 0 unspecified atom stereocenters. The van der Waals surface area contributed by atoms with Crippen molar-refractivity contribution in [2.75, 3.05) is 13.6 Å². The van der Waals surface area contributed by atoms with Gasteiger partial charge in [-0.2, -0.15) is 17.0 Å². The van der Waals surface area contributed by atoms with Crippen molar-refractivity contribution in [3.8, 4) is 0 Å². The lowest BCUT2D eigenvalue weighted by Crippen LogP contribution is -2.42. The molecule has 0 saturated carbocycles. The first-order valence-electron chi connectivity index (χ1n) is 8.45. The summed E-state index contributed by atoms with van der Waals surface area (Å²) in [5.74, 6) is 0.733. The Hall–Kier alpha value is -1.63. The first-order chi connectivity index (χ1) is 11.6. The van der Waals surface area contributed by atoms with Crippen LogP contribution < -0.4 is 0 Å². The van der Waals surface area contributed by atoms with Crippen LogP contribution in [0.5, 0.6) is 0 Å². The summed E-state index contributed by atoms with van der Waals surface area (Å²) in [7, 11) is -1.83. The molecule has 5 nitrogen and oxygen atoms in total. The van der Waals surface area contributed by atoms with Gasteiger partial charge in [0.25, 0.3) is 10.2 Å². The molecule has 0 radical (unpaired) electrons. The van der Waals surface area contributed by atoms with E-state index in [1.54, 1.807) is 21.9 Å². The van der Waals surface area contributed by atoms with Crippen LogP contribution >= 0.6 is 0 Å². The van der Waals surface area contributed by atoms with Gasteiger partial charge in [-0.05, 0) is 48.9 Å². The van der Waals surface area contributed by atoms with E-state index in [-0.39, 0.29) is 12.1 Å². The van der Waals surface area contributed by atoms with Crippen LogP contribution in [-0.4, -0.2) is 30.6 Å². The first-order valence-corrected chi connectivity index (χ1v) is 9.85. The van der Waals surface area contributed by atoms with E-state index in [0.717, 1.165) is 37.0 Å². The Labute approximate surface area is 143 Å². The zero-order chi connectivity index (χ0) is 16.7. The Balaban J connectivity index is 1.63. The van der Waals surface area contributed by atoms with E-state index in [9.17, 15) is 8.42 Å². The minimum absolute atomic E-state index is 0.0796. The van der Waals surface area contributed by atoms with E-state index in [0.29, 0.717) is 6.54 Å². The van der Waals surface area contributed by atoms with Crippen molar-refractivity contribution in [1.82, 2.24) is 8.61 Å². The highest BCUT2D eigenvalue weighted by atomic mass is 32.2. The van der Waals surface area contributed by atoms with Crippen molar-refractivity contribution >= 4 is 10.2 Å². The highest BCUT2D eigenvalue weighted by molar-refractivity contribution is 7.86. The number of aryl methyl sites for hydroxylation is 1. The van der Waals surface area contributed by atoms with Crippen molar-refractivity contribution in [1.29, 1.82) is 0 Å². The van der Waals surface area contributed by atoms with E-state index in [2.05, 4.69) is 6.07 Å². The molecular formula is C18H22N2O3S. The summed E-state index contributed by atoms with van der Waals surface area (Å²) in [4.78, 5) is 0. The molecule has 128 valence electrons. The molecular weight excluding hydrogens is 324 g/mol. The summed E-state index contributed by atoms with van der Waals surface area (Å²) < 4.78 is 35.1. The van der Waals surface area contributed by atoms with Gasteiger partial charge in [-0.25, -0.2) is 0 Å². The minimum Gasteiger partial charge on any atom is -0.468 e. The van der Waals surface area contributed by atoms with Gasteiger partial charge >= 0.3 is 0 Å². The molecule has 2 aromatic rings. The van der Waals surface area contributed by atoms with Crippen molar-refractivity contribution in [3.63, 3.8) is 0 Å². The maximum atomic E-state index is 13.2. The molecule has 0 spiro atoms. The molecule has 1 aliphatic heterocycles. The van der Waals surface area contributed by atoms with Gasteiger partial charge in [0, 0.05) is 13.6 Å². The third-order valence-electron chi connectivity index (χ3n) is 5.28. The highest BCUT2D eigenvalue weighted by Gasteiger charge is 2.42. The van der Waals surface area contributed by atoms with E-state index < -0.39 is 10.2 Å². The van der Waals surface area contributed by atoms with E-state index in [1.807, 2.05) is 30.3 Å². The highest BCUT2D eigenvalue weighted by Crippen LogP contribution is 2.40. The van der Waals surface area contributed by atoms with Crippen molar-refractivity contribution < 1.29 is 12.8 Å². The molecule has 24 heavy (non-hydrogen) atoms. The fourth-order valence-electron chi connectivity index (χ4n) is 4.02. The van der Waals surface area contributed by atoms with Gasteiger partial charge in [-0.1, -0.05) is 24.3 Å². The van der Waals surface area contributed by atoms with Gasteiger partial charge in [0.1, 0.15) is 5.76 Å². The van der Waals surface area contributed by atoms with Gasteiger partial charge < -0.3 is 4.42 Å². The molecule has 2 heterocycles. The van der Waals surface area contributed by atoms with Gasteiger partial charge in [0.05, 0.1) is 18.3 Å². The van der Waals surface area contributed by atoms with Crippen molar-refractivity contribution in [2.24, 2.45) is 0 Å². The quantitative estimate of drug-likeness (QED) is 0.854. The van der Waals surface area contributed by atoms with E-state index in [4.69, 9.17) is 4.42 Å². The van der Waals surface area contributed by atoms with Gasteiger partial charge in [0.15, 0.2) is 0 Å². The lowest BCUT2D eigenvalue weighted by atomic mass is 10.1. The monoisotopic (exact) mass is 346 g/mol. The lowest BCUT2D eigenvalue weighted by Gasteiger charge is -2.31. The Morgan fingerprint density at radius 3 is 2.79 bits per heavy atom. The number of furan rings is 1. The predicted octanol–water partition coefficient (Wildman–Crippen LogP) is 3.28. The van der Waals surface area contributed by atoms with Crippen molar-refractivity contribution in [2.45, 2.75) is 37.8 Å². The largest absolute Gasteiger partial charge is 0.468 e. The zero-order valence-electron chi connectivity index (χ0n) is 13.8. The molecule has 0 amide bonds. The molecule has 2 aliphatic rings. The minimum atomic E-state index is -3.53. The molecule has 1 saturated heterocycles. The van der Waals surface area contributed by atoms with E-state index in [1.165, 1.54) is 5.56 Å². The maximum absolute atomic E-state index is 13.2. The standard InChI is InChI=1S/C18H22N2O3S/c1-19(16-11-10-14-6-2-3-7-15(14)16)24(21,22)20-12-4-8-17(20)18-9-5-13-23-18/h2-3,5-7,9,13,16-17H,4,8,10-12H2,1H3/t16-,17-/m1/s1. The van der Waals surface area contributed by atoms with Crippen LogP contribution in [0.4, 0.5) is 0 Å². The molecule has 1 aromatic carbocycles. The maximum Gasteiger partial charge on any atom is 0.282 e. The third kappa shape index (κ3) is 2.49. The molecule has 1 fully saturated rings. The van der Waals surface area contributed by atoms with Crippen LogP contribution in [0.3, 0.4) is 0 Å². The Bertz CT molecular complexity index is 817. The molecule has 2 atom stereocenters. The number of hydrogen-bond donors (Lipinski definition) is 0. The molecule has 0 N–H and O–H groups in total. The van der Waals surface area contributed by atoms with Crippen LogP contribution in [0.25, 0.3) is 0 Å². The number of nitrogens with zero attached hydrogens (tertiary/aromatic N) is 2. The molecule has 4 rings (SSSR count). The average molecular weight is 346 g/mol. The second kappa shape index (κ2) is 6.02. The number of fused-ring (bicyclic) bond motifs is 1. The van der Waals surface area contributed by atoms with Crippen LogP contribution in [0, 0.1) is 0 Å². The number of rotatable bonds is 4. The summed E-state index contributed by atoms with van der Waals surface area (Å²) in [5, 5.41) is 0. The molecule has 1 aliphatic carbocycles. The third-order valence-corrected chi connectivity index (χ3v) is 7.29. The first kappa shape index (κ1) is 15.9. The van der Waals surface area contributed by atoms with Gasteiger partial charge in [-0.3, -0.25) is 0 Å². The second-order valence-corrected chi connectivity index (χ2v) is 8.50. The molecule has 0 bridgehead atoms. The normalized spacial score (nSPS) is 24.6. The summed E-state index contributed by atoms with van der Waals surface area (Å²) >= 11 is 0. The Morgan fingerprint density at radius 1 is 1.17 bits per heavy atom. The van der Waals surface area contributed by atoms with Crippen LogP contribution in [0.15, 0.2) is 47.1 Å². The zero-order valence-corrected chi connectivity index (χ0v) is 14.6. The summed E-state index contributed by atoms with van der Waals surface area (Å²) in [6, 6.07) is 11.6. The van der Waals surface area contributed by atoms with E-state index >= 15 is 0 Å². The van der Waals surface area contributed by atoms with Crippen LogP contribution in [0.2, 0.25) is 0 Å². The predicted molar refractivity (Wildman–Crippen MR) is 91.6 cm³/mol. The number of benzene rings is 1.